The SMILES string of the molecule is COC(=O)Cn1c(=NC(=O)c2ccc(S(C)(=O)=O)cc2)sc2cc([N+](=O)[O-])ccc21. The van der Waals surface area contributed by atoms with E-state index in [2.05, 4.69) is 9.73 Å². The number of hydrogen-bond acceptors (Lipinski definition) is 8. The molecule has 0 saturated heterocycles. The molecule has 156 valence electrons. The Morgan fingerprint density at radius 3 is 2.43 bits per heavy atom. The van der Waals surface area contributed by atoms with Crippen LogP contribution in [0.2, 0.25) is 0 Å². The van der Waals surface area contributed by atoms with E-state index in [4.69, 9.17) is 0 Å². The first kappa shape index (κ1) is 21.3. The van der Waals surface area contributed by atoms with E-state index < -0.39 is 26.6 Å². The number of methoxy groups -OCH3 is 1. The topological polar surface area (TPSA) is 138 Å². The predicted molar refractivity (Wildman–Crippen MR) is 108 cm³/mol. The Kier molecular flexibility index (Phi) is 5.80. The highest BCUT2D eigenvalue weighted by Crippen LogP contribution is 2.23. The number of nitro groups is 1. The highest BCUT2D eigenvalue weighted by molar-refractivity contribution is 7.90. The Morgan fingerprint density at radius 1 is 1.20 bits per heavy atom. The van der Waals surface area contributed by atoms with Gasteiger partial charge >= 0.3 is 5.97 Å². The summed E-state index contributed by atoms with van der Waals surface area (Å²) in [7, 11) is -2.19. The summed E-state index contributed by atoms with van der Waals surface area (Å²) in [5.74, 6) is -1.24. The van der Waals surface area contributed by atoms with E-state index in [1.165, 1.54) is 54.1 Å². The van der Waals surface area contributed by atoms with Gasteiger partial charge in [-0.25, -0.2) is 8.42 Å². The lowest BCUT2D eigenvalue weighted by atomic mass is 10.2. The van der Waals surface area contributed by atoms with E-state index in [9.17, 15) is 28.1 Å². The minimum atomic E-state index is -3.41. The minimum Gasteiger partial charge on any atom is -0.468 e. The molecule has 0 fully saturated rings. The molecule has 0 N–H and O–H groups in total. The zero-order chi connectivity index (χ0) is 22.1. The smallest absolute Gasteiger partial charge is 0.325 e. The van der Waals surface area contributed by atoms with E-state index >= 15 is 0 Å². The van der Waals surface area contributed by atoms with Crippen LogP contribution in [0.15, 0.2) is 52.4 Å². The average Bonchev–Trinajstić information content (AvgIpc) is 3.03. The number of sulfone groups is 1. The first-order valence-electron chi connectivity index (χ1n) is 8.34. The number of benzene rings is 2. The number of nitrogens with zero attached hydrogens (tertiary/aromatic N) is 3. The molecule has 0 saturated carbocycles. The number of ether oxygens (including phenoxy) is 1. The second-order valence-electron chi connectivity index (χ2n) is 6.17. The van der Waals surface area contributed by atoms with E-state index in [0.29, 0.717) is 10.2 Å². The summed E-state index contributed by atoms with van der Waals surface area (Å²) in [6, 6.07) is 9.37. The third kappa shape index (κ3) is 4.44. The summed E-state index contributed by atoms with van der Waals surface area (Å²) >= 11 is 1.01. The van der Waals surface area contributed by atoms with Crippen molar-refractivity contribution >= 4 is 49.0 Å². The molecule has 0 unspecified atom stereocenters. The van der Waals surface area contributed by atoms with Gasteiger partial charge in [-0.05, 0) is 30.3 Å². The lowest BCUT2D eigenvalue weighted by Crippen LogP contribution is -2.22. The fraction of sp³-hybridized carbons (Fsp3) is 0.167. The second-order valence-corrected chi connectivity index (χ2v) is 9.19. The Balaban J connectivity index is 2.11. The zero-order valence-electron chi connectivity index (χ0n) is 15.8. The fourth-order valence-corrected chi connectivity index (χ4v) is 4.29. The van der Waals surface area contributed by atoms with Crippen molar-refractivity contribution in [2.24, 2.45) is 4.99 Å². The van der Waals surface area contributed by atoms with Crippen molar-refractivity contribution in [1.82, 2.24) is 4.57 Å². The molecule has 0 atom stereocenters. The van der Waals surface area contributed by atoms with Crippen molar-refractivity contribution in [1.29, 1.82) is 0 Å². The van der Waals surface area contributed by atoms with Crippen molar-refractivity contribution in [3.8, 4) is 0 Å². The van der Waals surface area contributed by atoms with Crippen LogP contribution in [-0.4, -0.2) is 43.2 Å². The van der Waals surface area contributed by atoms with Crippen molar-refractivity contribution in [2.75, 3.05) is 13.4 Å². The lowest BCUT2D eigenvalue weighted by molar-refractivity contribution is -0.384. The predicted octanol–water partition coefficient (Wildman–Crippen LogP) is 1.93. The Hall–Kier alpha value is -3.38. The molecule has 0 radical (unpaired) electrons. The third-order valence-corrected chi connectivity index (χ3v) is 6.29. The molecule has 12 heteroatoms. The van der Waals surface area contributed by atoms with Gasteiger partial charge < -0.3 is 9.30 Å². The molecule has 1 heterocycles. The molecule has 0 bridgehead atoms. The zero-order valence-corrected chi connectivity index (χ0v) is 17.4. The molecular formula is C18H15N3O7S2. The molecular weight excluding hydrogens is 434 g/mol. The van der Waals surface area contributed by atoms with Crippen LogP contribution in [0, 0.1) is 10.1 Å². The normalized spacial score (nSPS) is 12.1. The number of rotatable bonds is 5. The van der Waals surface area contributed by atoms with Crippen LogP contribution >= 0.6 is 11.3 Å². The van der Waals surface area contributed by atoms with Crippen LogP contribution < -0.4 is 4.80 Å². The summed E-state index contributed by atoms with van der Waals surface area (Å²) in [6.45, 7) is -0.243. The van der Waals surface area contributed by atoms with Crippen molar-refractivity contribution < 1.29 is 27.7 Å². The first-order valence-corrected chi connectivity index (χ1v) is 11.0. The fourth-order valence-electron chi connectivity index (χ4n) is 2.60. The number of hydrogen-bond donors (Lipinski definition) is 0. The van der Waals surface area contributed by atoms with Crippen molar-refractivity contribution in [2.45, 2.75) is 11.4 Å². The van der Waals surface area contributed by atoms with Gasteiger partial charge in [0.2, 0.25) is 0 Å². The van der Waals surface area contributed by atoms with Crippen LogP contribution in [0.3, 0.4) is 0 Å². The number of amides is 1. The number of fused-ring (bicyclic) bond motifs is 1. The average molecular weight is 449 g/mol. The maximum atomic E-state index is 12.6. The maximum absolute atomic E-state index is 12.6. The van der Waals surface area contributed by atoms with E-state index in [1.54, 1.807) is 0 Å². The summed E-state index contributed by atoms with van der Waals surface area (Å²) in [4.78, 5) is 39.1. The Morgan fingerprint density at radius 2 is 1.87 bits per heavy atom. The van der Waals surface area contributed by atoms with E-state index in [-0.39, 0.29) is 27.5 Å². The van der Waals surface area contributed by atoms with E-state index in [1.807, 2.05) is 0 Å². The van der Waals surface area contributed by atoms with Crippen LogP contribution in [0.4, 0.5) is 5.69 Å². The number of thiazole rings is 1. The van der Waals surface area contributed by atoms with Crippen molar-refractivity contribution in [3.63, 3.8) is 0 Å². The molecule has 0 spiro atoms. The molecule has 0 aliphatic heterocycles. The summed E-state index contributed by atoms with van der Waals surface area (Å²) in [5.41, 5.74) is 0.494. The third-order valence-electron chi connectivity index (χ3n) is 4.12. The standard InChI is InChI=1S/C18H15N3O7S2/c1-28-16(22)10-20-14-8-5-12(21(24)25)9-15(14)29-18(20)19-17(23)11-3-6-13(7-4-11)30(2,26)27/h3-9H,10H2,1-2H3. The van der Waals surface area contributed by atoms with Gasteiger partial charge in [-0.1, -0.05) is 11.3 Å². The molecule has 2 aromatic carbocycles. The summed E-state index contributed by atoms with van der Waals surface area (Å²) in [6.07, 6.45) is 1.06. The van der Waals surface area contributed by atoms with Gasteiger partial charge in [0.25, 0.3) is 11.6 Å². The number of non-ortho nitro benzene ring substituents is 1. The second kappa shape index (κ2) is 8.16. The summed E-state index contributed by atoms with van der Waals surface area (Å²) in [5, 5.41) is 11.0. The van der Waals surface area contributed by atoms with Gasteiger partial charge in [-0.3, -0.25) is 19.7 Å². The summed E-state index contributed by atoms with van der Waals surface area (Å²) < 4.78 is 29.7. The number of carbonyl (C=O) groups excluding carboxylic acids is 2. The van der Waals surface area contributed by atoms with Gasteiger partial charge in [0.05, 0.1) is 27.1 Å². The molecule has 30 heavy (non-hydrogen) atoms. The highest BCUT2D eigenvalue weighted by atomic mass is 32.2. The molecule has 3 rings (SSSR count). The van der Waals surface area contributed by atoms with Crippen molar-refractivity contribution in [3.05, 3.63) is 62.9 Å². The Labute approximate surface area is 174 Å². The number of aromatic nitrogens is 1. The molecule has 3 aromatic rings. The van der Waals surface area contributed by atoms with Crippen LogP contribution in [0.25, 0.3) is 10.2 Å². The van der Waals surface area contributed by atoms with E-state index in [0.717, 1.165) is 17.6 Å². The van der Waals surface area contributed by atoms with Gasteiger partial charge in [-0.2, -0.15) is 4.99 Å². The van der Waals surface area contributed by atoms with Gasteiger partial charge in [-0.15, -0.1) is 0 Å². The monoisotopic (exact) mass is 449 g/mol. The highest BCUT2D eigenvalue weighted by Gasteiger charge is 2.16. The molecule has 0 aliphatic rings. The molecule has 10 nitrogen and oxygen atoms in total. The number of carbonyl (C=O) groups is 2. The first-order chi connectivity index (χ1) is 14.1. The molecule has 0 aliphatic carbocycles. The quantitative estimate of drug-likeness (QED) is 0.329. The van der Waals surface area contributed by atoms with Crippen LogP contribution in [-0.2, 0) is 25.9 Å². The van der Waals surface area contributed by atoms with Gasteiger partial charge in [0, 0.05) is 24.0 Å². The number of esters is 1. The van der Waals surface area contributed by atoms with Crippen LogP contribution in [0.1, 0.15) is 10.4 Å². The number of nitro benzene ring substituents is 1. The lowest BCUT2D eigenvalue weighted by Gasteiger charge is -2.03. The van der Waals surface area contributed by atoms with Gasteiger partial charge in [0.1, 0.15) is 6.54 Å². The largest absolute Gasteiger partial charge is 0.468 e. The minimum absolute atomic E-state index is 0.0639. The molecule has 1 amide bonds. The van der Waals surface area contributed by atoms with Gasteiger partial charge in [0.15, 0.2) is 14.6 Å². The Bertz CT molecular complexity index is 1340. The maximum Gasteiger partial charge on any atom is 0.325 e. The molecule has 1 aromatic heterocycles. The van der Waals surface area contributed by atoms with Crippen LogP contribution in [0.5, 0.6) is 0 Å².